The Labute approximate surface area is 120 Å². The molecule has 2 nitrogen and oxygen atoms in total. The van der Waals surface area contributed by atoms with Crippen molar-refractivity contribution in [3.05, 3.63) is 49.0 Å². The van der Waals surface area contributed by atoms with Crippen molar-refractivity contribution in [2.45, 2.75) is 6.92 Å². The molecule has 0 saturated carbocycles. The summed E-state index contributed by atoms with van der Waals surface area (Å²) in [6, 6.07) is 9.53. The van der Waals surface area contributed by atoms with E-state index < -0.39 is 0 Å². The summed E-state index contributed by atoms with van der Waals surface area (Å²) in [7, 11) is 0. The molecular weight excluding hydrogens is 366 g/mol. The van der Waals surface area contributed by atoms with Gasteiger partial charge >= 0.3 is 0 Å². The molecule has 0 fully saturated rings. The molecule has 0 unspecified atom stereocenters. The molecule has 2 rings (SSSR count). The highest BCUT2D eigenvalue weighted by atomic mass is 79.9. The van der Waals surface area contributed by atoms with Gasteiger partial charge in [0, 0.05) is 10.2 Å². The second-order valence-electron chi connectivity index (χ2n) is 3.55. The minimum absolute atomic E-state index is 0.0924. The van der Waals surface area contributed by atoms with Crippen molar-refractivity contribution in [3.63, 3.8) is 0 Å². The molecule has 0 saturated heterocycles. The van der Waals surface area contributed by atoms with Gasteiger partial charge in [0.2, 0.25) is 0 Å². The van der Waals surface area contributed by atoms with E-state index in [0.717, 1.165) is 13.9 Å². The number of anilines is 1. The molecule has 1 aromatic carbocycles. The molecule has 0 spiro atoms. The first kappa shape index (κ1) is 12.8. The van der Waals surface area contributed by atoms with Gasteiger partial charge in [-0.05, 0) is 57.0 Å². The molecule has 1 amide bonds. The molecule has 17 heavy (non-hydrogen) atoms. The van der Waals surface area contributed by atoms with Crippen LogP contribution in [0, 0.1) is 6.92 Å². The molecule has 0 bridgehead atoms. The van der Waals surface area contributed by atoms with Crippen LogP contribution in [0.2, 0.25) is 0 Å². The molecule has 0 radical (unpaired) electrons. The van der Waals surface area contributed by atoms with Crippen molar-refractivity contribution < 1.29 is 4.79 Å². The highest BCUT2D eigenvalue weighted by Gasteiger charge is 2.11. The Hall–Kier alpha value is -0.650. The molecular formula is C12H9Br2NOS. The van der Waals surface area contributed by atoms with Crippen LogP contribution in [0.5, 0.6) is 0 Å². The van der Waals surface area contributed by atoms with Crippen LogP contribution in [0.1, 0.15) is 15.2 Å². The third-order valence-electron chi connectivity index (χ3n) is 2.18. The van der Waals surface area contributed by atoms with Gasteiger partial charge in [-0.25, -0.2) is 0 Å². The minimum Gasteiger partial charge on any atom is -0.321 e. The van der Waals surface area contributed by atoms with Gasteiger partial charge in [0.25, 0.3) is 5.91 Å². The van der Waals surface area contributed by atoms with Crippen LogP contribution in [0.25, 0.3) is 0 Å². The standard InChI is InChI=1S/C12H9Br2NOS/c1-7-2-4-8(5-3-7)15-12(16)10-6-9(13)11(14)17-10/h2-6H,1H3,(H,15,16). The number of nitrogens with one attached hydrogen (secondary N) is 1. The maximum Gasteiger partial charge on any atom is 0.265 e. The number of carbonyl (C=O) groups excluding carboxylic acids is 1. The molecule has 0 aliphatic heterocycles. The summed E-state index contributed by atoms with van der Waals surface area (Å²) in [5.74, 6) is -0.0924. The topological polar surface area (TPSA) is 29.1 Å². The van der Waals surface area contributed by atoms with E-state index in [1.165, 1.54) is 16.9 Å². The number of halogens is 2. The quantitative estimate of drug-likeness (QED) is 0.800. The van der Waals surface area contributed by atoms with Crippen LogP contribution in [-0.4, -0.2) is 5.91 Å². The van der Waals surface area contributed by atoms with Crippen LogP contribution >= 0.6 is 43.2 Å². The Morgan fingerprint density at radius 1 is 1.24 bits per heavy atom. The molecule has 0 atom stereocenters. The zero-order valence-corrected chi connectivity index (χ0v) is 12.9. The first-order chi connectivity index (χ1) is 8.06. The second-order valence-corrected chi connectivity index (χ2v) is 6.78. The number of hydrogen-bond acceptors (Lipinski definition) is 2. The molecule has 1 heterocycles. The van der Waals surface area contributed by atoms with Crippen LogP contribution in [0.3, 0.4) is 0 Å². The fourth-order valence-corrected chi connectivity index (χ4v) is 3.22. The molecule has 1 aromatic heterocycles. The normalized spacial score (nSPS) is 10.3. The van der Waals surface area contributed by atoms with E-state index in [1.54, 1.807) is 6.07 Å². The van der Waals surface area contributed by atoms with E-state index >= 15 is 0 Å². The first-order valence-electron chi connectivity index (χ1n) is 4.89. The van der Waals surface area contributed by atoms with E-state index in [9.17, 15) is 4.79 Å². The van der Waals surface area contributed by atoms with Gasteiger partial charge < -0.3 is 5.32 Å². The second kappa shape index (κ2) is 5.33. The van der Waals surface area contributed by atoms with Crippen molar-refractivity contribution in [2.24, 2.45) is 0 Å². The largest absolute Gasteiger partial charge is 0.321 e. The predicted molar refractivity (Wildman–Crippen MR) is 78.9 cm³/mol. The van der Waals surface area contributed by atoms with Gasteiger partial charge in [-0.15, -0.1) is 11.3 Å². The van der Waals surface area contributed by atoms with Crippen molar-refractivity contribution >= 4 is 54.8 Å². The van der Waals surface area contributed by atoms with Gasteiger partial charge in [-0.2, -0.15) is 0 Å². The Morgan fingerprint density at radius 3 is 2.41 bits per heavy atom. The van der Waals surface area contributed by atoms with Crippen LogP contribution in [0.4, 0.5) is 5.69 Å². The smallest absolute Gasteiger partial charge is 0.265 e. The number of hydrogen-bond donors (Lipinski definition) is 1. The third kappa shape index (κ3) is 3.18. The Bertz CT molecular complexity index is 529. The Kier molecular flexibility index (Phi) is 4.01. The van der Waals surface area contributed by atoms with E-state index in [-0.39, 0.29) is 5.91 Å². The van der Waals surface area contributed by atoms with Crippen LogP contribution < -0.4 is 5.32 Å². The minimum atomic E-state index is -0.0924. The highest BCUT2D eigenvalue weighted by molar-refractivity contribution is 9.13. The predicted octanol–water partition coefficient (Wildman–Crippen LogP) is 4.83. The van der Waals surface area contributed by atoms with Crippen molar-refractivity contribution in [1.82, 2.24) is 0 Å². The zero-order chi connectivity index (χ0) is 12.4. The van der Waals surface area contributed by atoms with Gasteiger partial charge in [-0.1, -0.05) is 17.7 Å². The molecule has 0 aliphatic carbocycles. The summed E-state index contributed by atoms with van der Waals surface area (Å²) >= 11 is 8.14. The highest BCUT2D eigenvalue weighted by Crippen LogP contribution is 2.32. The maximum atomic E-state index is 11.9. The van der Waals surface area contributed by atoms with Gasteiger partial charge in [0.15, 0.2) is 0 Å². The third-order valence-corrected chi connectivity index (χ3v) is 5.43. The number of rotatable bonds is 2. The summed E-state index contributed by atoms with van der Waals surface area (Å²) in [6.07, 6.45) is 0. The summed E-state index contributed by atoms with van der Waals surface area (Å²) in [4.78, 5) is 12.6. The van der Waals surface area contributed by atoms with Crippen molar-refractivity contribution in [1.29, 1.82) is 0 Å². The Balaban J connectivity index is 2.14. The van der Waals surface area contributed by atoms with Crippen molar-refractivity contribution in [2.75, 3.05) is 5.32 Å². The average molecular weight is 375 g/mol. The zero-order valence-electron chi connectivity index (χ0n) is 8.96. The van der Waals surface area contributed by atoms with Crippen LogP contribution in [0.15, 0.2) is 38.6 Å². The summed E-state index contributed by atoms with van der Waals surface area (Å²) in [5.41, 5.74) is 1.98. The molecule has 5 heteroatoms. The molecule has 88 valence electrons. The maximum absolute atomic E-state index is 11.9. The first-order valence-corrected chi connectivity index (χ1v) is 7.29. The monoisotopic (exact) mass is 373 g/mol. The van der Waals surface area contributed by atoms with Gasteiger partial charge in [-0.3, -0.25) is 4.79 Å². The number of aryl methyl sites for hydroxylation is 1. The number of amides is 1. The summed E-state index contributed by atoms with van der Waals surface area (Å²) in [5, 5.41) is 2.86. The number of carbonyl (C=O) groups is 1. The number of benzene rings is 1. The van der Waals surface area contributed by atoms with Crippen LogP contribution in [-0.2, 0) is 0 Å². The molecule has 1 N–H and O–H groups in total. The summed E-state index contributed by atoms with van der Waals surface area (Å²) in [6.45, 7) is 2.01. The fraction of sp³-hybridized carbons (Fsp3) is 0.0833. The molecule has 0 aliphatic rings. The van der Waals surface area contributed by atoms with E-state index in [1.807, 2.05) is 31.2 Å². The lowest BCUT2D eigenvalue weighted by Gasteiger charge is -2.03. The lowest BCUT2D eigenvalue weighted by molar-refractivity contribution is 0.103. The van der Waals surface area contributed by atoms with Crippen molar-refractivity contribution in [3.8, 4) is 0 Å². The van der Waals surface area contributed by atoms with Gasteiger partial charge in [0.1, 0.15) is 0 Å². The fourth-order valence-electron chi connectivity index (χ4n) is 1.29. The molecule has 2 aromatic rings. The lowest BCUT2D eigenvalue weighted by atomic mass is 10.2. The van der Waals surface area contributed by atoms with E-state index in [0.29, 0.717) is 4.88 Å². The lowest BCUT2D eigenvalue weighted by Crippen LogP contribution is -2.09. The average Bonchev–Trinajstić information content (AvgIpc) is 2.63. The summed E-state index contributed by atoms with van der Waals surface area (Å²) < 4.78 is 1.82. The number of thiophene rings is 1. The Morgan fingerprint density at radius 2 is 1.88 bits per heavy atom. The van der Waals surface area contributed by atoms with Gasteiger partial charge in [0.05, 0.1) is 8.66 Å². The van der Waals surface area contributed by atoms with E-state index in [2.05, 4.69) is 37.2 Å². The SMILES string of the molecule is Cc1ccc(NC(=O)c2cc(Br)c(Br)s2)cc1. The van der Waals surface area contributed by atoms with E-state index in [4.69, 9.17) is 0 Å².